The van der Waals surface area contributed by atoms with Crippen molar-refractivity contribution in [2.75, 3.05) is 7.11 Å². The number of ether oxygens (including phenoxy) is 1. The van der Waals surface area contributed by atoms with Gasteiger partial charge in [-0.25, -0.2) is 9.37 Å². The largest absolute Gasteiger partial charge is 0.496 e. The lowest BCUT2D eigenvalue weighted by Crippen LogP contribution is -2.25. The summed E-state index contributed by atoms with van der Waals surface area (Å²) in [6.45, 7) is 1.76. The molecule has 5 nitrogen and oxygen atoms in total. The van der Waals surface area contributed by atoms with Gasteiger partial charge in [-0.2, -0.15) is 0 Å². The second kappa shape index (κ2) is 7.25. The number of benzene rings is 1. The number of amides is 1. The van der Waals surface area contributed by atoms with E-state index in [1.54, 1.807) is 17.4 Å². The predicted octanol–water partition coefficient (Wildman–Crippen LogP) is 4.09. The highest BCUT2D eigenvalue weighted by atomic mass is 35.5. The Morgan fingerprint density at radius 1 is 1.52 bits per heavy atom. The van der Waals surface area contributed by atoms with Crippen molar-refractivity contribution in [2.24, 2.45) is 0 Å². The van der Waals surface area contributed by atoms with Gasteiger partial charge in [0.2, 0.25) is 5.91 Å². The summed E-state index contributed by atoms with van der Waals surface area (Å²) in [4.78, 5) is 17.1. The van der Waals surface area contributed by atoms with Crippen molar-refractivity contribution in [1.29, 1.82) is 0 Å². The third kappa shape index (κ3) is 3.67. The number of nitrogens with one attached hydrogen (secondary N) is 1. The van der Waals surface area contributed by atoms with E-state index < -0.39 is 11.9 Å². The third-order valence-electron chi connectivity index (χ3n) is 3.66. The molecule has 2 aromatic heterocycles. The predicted molar refractivity (Wildman–Crippen MR) is 96.6 cm³/mol. The van der Waals surface area contributed by atoms with E-state index in [2.05, 4.69) is 10.3 Å². The lowest BCUT2D eigenvalue weighted by atomic mass is 10.1. The Morgan fingerprint density at radius 2 is 2.32 bits per heavy atom. The fourth-order valence-electron chi connectivity index (χ4n) is 2.46. The summed E-state index contributed by atoms with van der Waals surface area (Å²) >= 11 is 7.54. The van der Waals surface area contributed by atoms with Crippen LogP contribution in [0.5, 0.6) is 5.75 Å². The number of imidazole rings is 1. The summed E-state index contributed by atoms with van der Waals surface area (Å²) in [7, 11) is 1.50. The molecule has 130 valence electrons. The average Bonchev–Trinajstić information content (AvgIpc) is 3.13. The topological polar surface area (TPSA) is 55.6 Å². The molecule has 3 aromatic rings. The Balaban J connectivity index is 1.75. The van der Waals surface area contributed by atoms with Crippen LogP contribution < -0.4 is 10.1 Å². The molecule has 8 heteroatoms. The molecule has 0 saturated heterocycles. The van der Waals surface area contributed by atoms with E-state index in [0.717, 1.165) is 4.96 Å². The van der Waals surface area contributed by atoms with Crippen molar-refractivity contribution in [3.63, 3.8) is 0 Å². The number of nitrogens with zero attached hydrogens (tertiary/aromatic N) is 2. The lowest BCUT2D eigenvalue weighted by molar-refractivity contribution is -0.117. The zero-order chi connectivity index (χ0) is 18.0. The zero-order valence-electron chi connectivity index (χ0n) is 13.5. The highest BCUT2D eigenvalue weighted by Gasteiger charge is 2.14. The normalized spacial score (nSPS) is 12.6. The number of hydrogen-bond donors (Lipinski definition) is 1. The van der Waals surface area contributed by atoms with Gasteiger partial charge in [-0.05, 0) is 31.2 Å². The second-order valence-corrected chi connectivity index (χ2v) is 6.52. The minimum Gasteiger partial charge on any atom is -0.496 e. The molecule has 0 spiro atoms. The summed E-state index contributed by atoms with van der Waals surface area (Å²) in [6.07, 6.45) is 4.80. The average molecular weight is 380 g/mol. The Hall–Kier alpha value is -2.38. The van der Waals surface area contributed by atoms with Gasteiger partial charge in [0.05, 0.1) is 18.8 Å². The number of carbonyl (C=O) groups excluding carboxylic acids is 1. The number of fused-ring (bicyclic) bond motifs is 1. The van der Waals surface area contributed by atoms with Crippen LogP contribution in [0.4, 0.5) is 4.39 Å². The number of hydrogen-bond acceptors (Lipinski definition) is 4. The summed E-state index contributed by atoms with van der Waals surface area (Å²) in [5.41, 5.74) is 1.19. The quantitative estimate of drug-likeness (QED) is 0.679. The maximum atomic E-state index is 13.5. The fraction of sp³-hybridized carbons (Fsp3) is 0.176. The number of methoxy groups -OCH3 is 1. The Morgan fingerprint density at radius 3 is 3.08 bits per heavy atom. The van der Waals surface area contributed by atoms with Gasteiger partial charge in [-0.15, -0.1) is 11.3 Å². The molecule has 0 saturated carbocycles. The Labute approximate surface area is 152 Å². The molecule has 3 rings (SSSR count). The van der Waals surface area contributed by atoms with Gasteiger partial charge >= 0.3 is 0 Å². The molecule has 0 fully saturated rings. The van der Waals surface area contributed by atoms with Crippen LogP contribution in [0, 0.1) is 5.82 Å². The van der Waals surface area contributed by atoms with Crippen LogP contribution in [-0.2, 0) is 4.79 Å². The summed E-state index contributed by atoms with van der Waals surface area (Å²) in [5, 5.41) is 4.99. The van der Waals surface area contributed by atoms with E-state index in [1.165, 1.54) is 42.7 Å². The maximum absolute atomic E-state index is 13.5. The summed E-state index contributed by atoms with van der Waals surface area (Å²) in [5.74, 6) is -0.213. The van der Waals surface area contributed by atoms with Crippen molar-refractivity contribution < 1.29 is 13.9 Å². The van der Waals surface area contributed by atoms with Crippen molar-refractivity contribution in [2.45, 2.75) is 13.0 Å². The zero-order valence-corrected chi connectivity index (χ0v) is 15.1. The number of carbonyl (C=O) groups is 1. The number of halogens is 2. The van der Waals surface area contributed by atoms with Gasteiger partial charge in [-0.1, -0.05) is 11.6 Å². The van der Waals surface area contributed by atoms with E-state index in [-0.39, 0.29) is 5.91 Å². The number of rotatable bonds is 5. The highest BCUT2D eigenvalue weighted by molar-refractivity contribution is 7.15. The molecule has 1 amide bonds. The minimum absolute atomic E-state index is 0.329. The van der Waals surface area contributed by atoms with E-state index >= 15 is 0 Å². The molecule has 0 aliphatic rings. The standard InChI is InChI=1S/C17H15ClFN3O2S/c1-10(12-9-11(19)3-5-14(12)24-2)20-15(23)6-4-13-16(18)21-17-22(13)7-8-25-17/h3-10H,1-2H3,(H,20,23). The van der Waals surface area contributed by atoms with Gasteiger partial charge in [0.15, 0.2) is 10.1 Å². The van der Waals surface area contributed by atoms with Crippen LogP contribution in [-0.4, -0.2) is 22.4 Å². The second-order valence-electron chi connectivity index (χ2n) is 5.29. The Bertz CT molecular complexity index is 951. The molecule has 1 unspecified atom stereocenters. The van der Waals surface area contributed by atoms with Crippen LogP contribution in [0.2, 0.25) is 5.15 Å². The first-order chi connectivity index (χ1) is 12.0. The van der Waals surface area contributed by atoms with E-state index in [0.29, 0.717) is 22.2 Å². The van der Waals surface area contributed by atoms with Crippen LogP contribution in [0.25, 0.3) is 11.0 Å². The smallest absolute Gasteiger partial charge is 0.244 e. The van der Waals surface area contributed by atoms with Gasteiger partial charge < -0.3 is 10.1 Å². The van der Waals surface area contributed by atoms with Crippen molar-refractivity contribution in [3.05, 3.63) is 58.1 Å². The molecule has 0 bridgehead atoms. The van der Waals surface area contributed by atoms with Gasteiger partial charge in [0.25, 0.3) is 0 Å². The van der Waals surface area contributed by atoms with Crippen molar-refractivity contribution in [1.82, 2.24) is 14.7 Å². The minimum atomic E-state index is -0.426. The molecule has 2 heterocycles. The van der Waals surface area contributed by atoms with Crippen LogP contribution in [0.15, 0.2) is 35.9 Å². The molecule has 1 aromatic carbocycles. The highest BCUT2D eigenvalue weighted by Crippen LogP contribution is 2.26. The first-order valence-corrected chi connectivity index (χ1v) is 8.68. The monoisotopic (exact) mass is 379 g/mol. The summed E-state index contributed by atoms with van der Waals surface area (Å²) in [6, 6.07) is 3.76. The summed E-state index contributed by atoms with van der Waals surface area (Å²) < 4.78 is 20.5. The molecule has 0 aliphatic carbocycles. The first kappa shape index (κ1) is 17.4. The van der Waals surface area contributed by atoms with Crippen molar-refractivity contribution >= 4 is 39.9 Å². The molecule has 25 heavy (non-hydrogen) atoms. The number of thiazole rings is 1. The molecule has 0 aliphatic heterocycles. The van der Waals surface area contributed by atoms with Crippen molar-refractivity contribution in [3.8, 4) is 5.75 Å². The van der Waals surface area contributed by atoms with Gasteiger partial charge in [-0.3, -0.25) is 9.20 Å². The third-order valence-corrected chi connectivity index (χ3v) is 4.70. The Kier molecular flexibility index (Phi) is 5.06. The van der Waals surface area contributed by atoms with Gasteiger partial charge in [0, 0.05) is 23.2 Å². The van der Waals surface area contributed by atoms with Crippen LogP contribution >= 0.6 is 22.9 Å². The molecule has 1 N–H and O–H groups in total. The lowest BCUT2D eigenvalue weighted by Gasteiger charge is -2.16. The molecule has 0 radical (unpaired) electrons. The molecular weight excluding hydrogens is 365 g/mol. The SMILES string of the molecule is COc1ccc(F)cc1C(C)NC(=O)C=Cc1c(Cl)nc2sccn12. The fourth-order valence-corrected chi connectivity index (χ4v) is 3.47. The van der Waals surface area contributed by atoms with Crippen LogP contribution in [0.3, 0.4) is 0 Å². The van der Waals surface area contributed by atoms with E-state index in [9.17, 15) is 9.18 Å². The first-order valence-electron chi connectivity index (χ1n) is 7.42. The van der Waals surface area contributed by atoms with E-state index in [1.807, 2.05) is 11.6 Å². The molecular formula is C17H15ClFN3O2S. The van der Waals surface area contributed by atoms with Gasteiger partial charge in [0.1, 0.15) is 11.6 Å². The number of aromatic nitrogens is 2. The maximum Gasteiger partial charge on any atom is 0.244 e. The van der Waals surface area contributed by atoms with E-state index in [4.69, 9.17) is 16.3 Å². The molecule has 1 atom stereocenters. The van der Waals surface area contributed by atoms with Crippen LogP contribution in [0.1, 0.15) is 24.2 Å².